The molecule has 0 amide bonds. The third-order valence-corrected chi connectivity index (χ3v) is 5.18. The summed E-state index contributed by atoms with van der Waals surface area (Å²) < 4.78 is 6.41. The van der Waals surface area contributed by atoms with E-state index in [4.69, 9.17) is 21.8 Å². The fraction of sp³-hybridized carbons (Fsp3) is 0.467. The Kier molecular flexibility index (Phi) is 4.46. The van der Waals surface area contributed by atoms with Crippen LogP contribution in [-0.4, -0.2) is 12.1 Å². The third-order valence-electron chi connectivity index (χ3n) is 3.88. The molecule has 2 heterocycles. The van der Waals surface area contributed by atoms with E-state index in [9.17, 15) is 0 Å². The summed E-state index contributed by atoms with van der Waals surface area (Å²) in [4.78, 5) is 1.19. The van der Waals surface area contributed by atoms with Crippen LogP contribution < -0.4 is 11.1 Å². The Morgan fingerprint density at radius 3 is 2.65 bits per heavy atom. The van der Waals surface area contributed by atoms with Crippen molar-refractivity contribution in [1.82, 2.24) is 5.32 Å². The molecule has 3 N–H and O–H groups in total. The maximum absolute atomic E-state index is 6.07. The molecule has 0 spiro atoms. The Labute approximate surface area is 128 Å². The molecule has 1 aliphatic carbocycles. The smallest absolute Gasteiger partial charge is 0.126 e. The van der Waals surface area contributed by atoms with Gasteiger partial charge in [-0.1, -0.05) is 11.6 Å². The van der Waals surface area contributed by atoms with Gasteiger partial charge in [0.05, 0.1) is 10.6 Å². The fourth-order valence-corrected chi connectivity index (χ4v) is 3.89. The summed E-state index contributed by atoms with van der Waals surface area (Å²) in [5, 5.41) is 3.71. The lowest BCUT2D eigenvalue weighted by molar-refractivity contribution is 0.314. The van der Waals surface area contributed by atoms with Crippen molar-refractivity contribution >= 4 is 22.9 Å². The minimum absolute atomic E-state index is 0.0850. The van der Waals surface area contributed by atoms with Gasteiger partial charge < -0.3 is 15.5 Å². The molecule has 0 aromatic carbocycles. The zero-order valence-corrected chi connectivity index (χ0v) is 12.8. The van der Waals surface area contributed by atoms with Crippen molar-refractivity contribution in [2.75, 3.05) is 0 Å². The van der Waals surface area contributed by atoms with E-state index < -0.39 is 0 Å². The molecular weight excluding hydrogens is 292 g/mol. The topological polar surface area (TPSA) is 51.2 Å². The highest BCUT2D eigenvalue weighted by Gasteiger charge is 2.25. The van der Waals surface area contributed by atoms with Crippen molar-refractivity contribution in [3.63, 3.8) is 0 Å². The average molecular weight is 311 g/mol. The highest BCUT2D eigenvalue weighted by Crippen LogP contribution is 2.32. The molecule has 3 rings (SSSR count). The molecule has 0 radical (unpaired) electrons. The largest absolute Gasteiger partial charge is 0.467 e. The fourth-order valence-electron chi connectivity index (χ4n) is 2.76. The Hall–Kier alpha value is -0.810. The van der Waals surface area contributed by atoms with Crippen molar-refractivity contribution in [1.29, 1.82) is 0 Å². The highest BCUT2D eigenvalue weighted by molar-refractivity contribution is 7.16. The van der Waals surface area contributed by atoms with Gasteiger partial charge in [-0.2, -0.15) is 0 Å². The monoisotopic (exact) mass is 310 g/mol. The van der Waals surface area contributed by atoms with E-state index in [0.717, 1.165) is 35.8 Å². The Bertz CT molecular complexity index is 532. The van der Waals surface area contributed by atoms with E-state index in [0.29, 0.717) is 12.1 Å². The normalized spacial score (nSPS) is 24.7. The molecule has 1 fully saturated rings. The van der Waals surface area contributed by atoms with Crippen molar-refractivity contribution < 1.29 is 4.42 Å². The first kappa shape index (κ1) is 14.1. The quantitative estimate of drug-likeness (QED) is 0.899. The number of rotatable bonds is 4. The zero-order valence-electron chi connectivity index (χ0n) is 11.2. The summed E-state index contributed by atoms with van der Waals surface area (Å²) >= 11 is 7.67. The van der Waals surface area contributed by atoms with Crippen LogP contribution in [-0.2, 0) is 0 Å². The zero-order chi connectivity index (χ0) is 13.9. The first-order valence-corrected chi connectivity index (χ1v) is 8.22. The lowest BCUT2D eigenvalue weighted by Crippen LogP contribution is -2.39. The molecule has 2 aromatic rings. The molecular formula is C15H19ClN2OS. The third kappa shape index (κ3) is 3.26. The SMILES string of the molecule is NC1CCC(NC(c2ccco2)c2ccc(Cl)s2)CC1. The van der Waals surface area contributed by atoms with E-state index in [-0.39, 0.29) is 6.04 Å². The molecule has 0 aliphatic heterocycles. The Morgan fingerprint density at radius 1 is 1.25 bits per heavy atom. The number of halogens is 1. The standard InChI is InChI=1S/C15H19ClN2OS/c16-14-8-7-13(20-14)15(12-2-1-9-19-12)18-11-5-3-10(17)4-6-11/h1-2,7-11,15,18H,3-6,17H2. The van der Waals surface area contributed by atoms with Gasteiger partial charge in [-0.15, -0.1) is 11.3 Å². The molecule has 1 aliphatic rings. The molecule has 3 nitrogen and oxygen atoms in total. The van der Waals surface area contributed by atoms with Crippen LogP contribution in [0.4, 0.5) is 0 Å². The van der Waals surface area contributed by atoms with Gasteiger partial charge in [0.15, 0.2) is 0 Å². The van der Waals surface area contributed by atoms with Crippen LogP contribution in [0.2, 0.25) is 4.34 Å². The van der Waals surface area contributed by atoms with Gasteiger partial charge in [0, 0.05) is 17.0 Å². The summed E-state index contributed by atoms with van der Waals surface area (Å²) in [6, 6.07) is 8.90. The van der Waals surface area contributed by atoms with Gasteiger partial charge in [-0.25, -0.2) is 0 Å². The van der Waals surface area contributed by atoms with Crippen LogP contribution in [0.25, 0.3) is 0 Å². The summed E-state index contributed by atoms with van der Waals surface area (Å²) in [7, 11) is 0. The molecule has 2 aromatic heterocycles. The second kappa shape index (κ2) is 6.31. The van der Waals surface area contributed by atoms with Gasteiger partial charge in [0.1, 0.15) is 11.8 Å². The number of furan rings is 1. The molecule has 5 heteroatoms. The molecule has 1 saturated carbocycles. The summed E-state index contributed by atoms with van der Waals surface area (Å²) in [6.45, 7) is 0. The number of nitrogens with one attached hydrogen (secondary N) is 1. The minimum atomic E-state index is 0.0850. The van der Waals surface area contributed by atoms with Crippen molar-refractivity contribution in [3.05, 3.63) is 45.5 Å². The summed E-state index contributed by atoms with van der Waals surface area (Å²) in [6.07, 6.45) is 6.15. The van der Waals surface area contributed by atoms with Gasteiger partial charge in [0.2, 0.25) is 0 Å². The first-order valence-electron chi connectivity index (χ1n) is 7.02. The van der Waals surface area contributed by atoms with Gasteiger partial charge in [-0.05, 0) is 49.9 Å². The van der Waals surface area contributed by atoms with Crippen LogP contribution in [0.3, 0.4) is 0 Å². The van der Waals surface area contributed by atoms with Gasteiger partial charge in [-0.3, -0.25) is 0 Å². The molecule has 1 unspecified atom stereocenters. The second-order valence-electron chi connectivity index (χ2n) is 5.37. The average Bonchev–Trinajstić information content (AvgIpc) is 3.09. The number of nitrogens with two attached hydrogens (primary N) is 1. The molecule has 20 heavy (non-hydrogen) atoms. The van der Waals surface area contributed by atoms with E-state index in [2.05, 4.69) is 11.4 Å². The van der Waals surface area contributed by atoms with Crippen molar-refractivity contribution in [2.45, 2.75) is 43.8 Å². The van der Waals surface area contributed by atoms with Crippen LogP contribution in [0.1, 0.15) is 42.4 Å². The highest BCUT2D eigenvalue weighted by atomic mass is 35.5. The lowest BCUT2D eigenvalue weighted by atomic mass is 9.91. The van der Waals surface area contributed by atoms with Crippen LogP contribution >= 0.6 is 22.9 Å². The first-order chi connectivity index (χ1) is 9.72. The maximum atomic E-state index is 6.07. The maximum Gasteiger partial charge on any atom is 0.126 e. The van der Waals surface area contributed by atoms with E-state index in [1.165, 1.54) is 4.88 Å². The van der Waals surface area contributed by atoms with Crippen LogP contribution in [0.15, 0.2) is 34.9 Å². The number of thiophene rings is 1. The van der Waals surface area contributed by atoms with Crippen LogP contribution in [0, 0.1) is 0 Å². The molecule has 108 valence electrons. The lowest BCUT2D eigenvalue weighted by Gasteiger charge is -2.29. The minimum Gasteiger partial charge on any atom is -0.467 e. The molecule has 1 atom stereocenters. The predicted octanol–water partition coefficient (Wildman–Crippen LogP) is 3.94. The van der Waals surface area contributed by atoms with E-state index in [1.54, 1.807) is 17.6 Å². The van der Waals surface area contributed by atoms with E-state index >= 15 is 0 Å². The molecule has 0 bridgehead atoms. The Morgan fingerprint density at radius 2 is 2.05 bits per heavy atom. The summed E-state index contributed by atoms with van der Waals surface area (Å²) in [5.74, 6) is 0.943. The second-order valence-corrected chi connectivity index (χ2v) is 7.12. The predicted molar refractivity (Wildman–Crippen MR) is 83.2 cm³/mol. The van der Waals surface area contributed by atoms with Gasteiger partial charge in [0.25, 0.3) is 0 Å². The van der Waals surface area contributed by atoms with Gasteiger partial charge >= 0.3 is 0 Å². The Balaban J connectivity index is 1.76. The summed E-state index contributed by atoms with van der Waals surface area (Å²) in [5.41, 5.74) is 5.98. The van der Waals surface area contributed by atoms with Crippen molar-refractivity contribution in [2.24, 2.45) is 5.73 Å². The molecule has 0 saturated heterocycles. The van der Waals surface area contributed by atoms with Crippen LogP contribution in [0.5, 0.6) is 0 Å². The number of hydrogen-bond donors (Lipinski definition) is 2. The van der Waals surface area contributed by atoms with Crippen molar-refractivity contribution in [3.8, 4) is 0 Å². The van der Waals surface area contributed by atoms with E-state index in [1.807, 2.05) is 18.2 Å². The number of hydrogen-bond acceptors (Lipinski definition) is 4.